The topological polar surface area (TPSA) is 107 Å². The molecule has 0 saturated heterocycles. The number of hydrogen-bond donors (Lipinski definition) is 3. The predicted molar refractivity (Wildman–Crippen MR) is 110 cm³/mol. The second kappa shape index (κ2) is 9.90. The number of benzene rings is 2. The molecule has 3 N–H and O–H groups in total. The minimum Gasteiger partial charge on any atom is -0.392 e. The van der Waals surface area contributed by atoms with Gasteiger partial charge in [0.2, 0.25) is 0 Å². The lowest BCUT2D eigenvalue weighted by molar-refractivity contribution is 0.0953. The summed E-state index contributed by atoms with van der Waals surface area (Å²) < 4.78 is 0. The molecule has 0 fully saturated rings. The number of carbonyl (C=O) groups excluding carboxylic acids is 1. The lowest BCUT2D eigenvalue weighted by Gasteiger charge is -2.14. The van der Waals surface area contributed by atoms with Gasteiger partial charge in [-0.3, -0.25) is 4.79 Å². The van der Waals surface area contributed by atoms with E-state index in [9.17, 15) is 9.90 Å². The molecule has 0 aliphatic carbocycles. The molecule has 0 radical (unpaired) electrons. The highest BCUT2D eigenvalue weighted by molar-refractivity contribution is 5.94. The minimum atomic E-state index is -0.117. The third-order valence-corrected chi connectivity index (χ3v) is 4.55. The van der Waals surface area contributed by atoms with Crippen molar-refractivity contribution < 1.29 is 9.90 Å². The van der Waals surface area contributed by atoms with Crippen molar-refractivity contribution in [3.8, 4) is 11.1 Å². The molecular formula is C21H26N6O2. The first-order chi connectivity index (χ1) is 14.1. The van der Waals surface area contributed by atoms with Crippen LogP contribution in [0.4, 0.5) is 0 Å². The molecule has 1 aromatic heterocycles. The van der Waals surface area contributed by atoms with Crippen LogP contribution in [0.2, 0.25) is 0 Å². The first-order valence-corrected chi connectivity index (χ1v) is 9.55. The summed E-state index contributed by atoms with van der Waals surface area (Å²) in [5, 5.41) is 26.4. The van der Waals surface area contributed by atoms with Crippen LogP contribution in [-0.2, 0) is 19.6 Å². The van der Waals surface area contributed by atoms with E-state index in [1.54, 1.807) is 12.1 Å². The summed E-state index contributed by atoms with van der Waals surface area (Å²) in [5.74, 6) is 0.522. The number of hydrogen-bond acceptors (Lipinski definition) is 6. The van der Waals surface area contributed by atoms with Gasteiger partial charge in [-0.15, -0.1) is 10.2 Å². The predicted octanol–water partition coefficient (Wildman–Crippen LogP) is 1.78. The molecule has 8 heteroatoms. The SMILES string of the molecule is CN(C)Cc1ccc(-c2ccc(C(=O)NCCCc3nn[nH]n3)cc2)c(CO)c1. The number of amides is 1. The third-order valence-electron chi connectivity index (χ3n) is 4.55. The molecule has 1 amide bonds. The van der Waals surface area contributed by atoms with Crippen molar-refractivity contribution in [3.05, 3.63) is 65.0 Å². The average molecular weight is 394 g/mol. The highest BCUT2D eigenvalue weighted by atomic mass is 16.3. The molecule has 29 heavy (non-hydrogen) atoms. The molecule has 0 spiro atoms. The normalized spacial score (nSPS) is 11.0. The Morgan fingerprint density at radius 1 is 1.17 bits per heavy atom. The number of nitrogens with one attached hydrogen (secondary N) is 2. The Bertz CT molecular complexity index is 923. The number of H-pyrrole nitrogens is 1. The zero-order chi connectivity index (χ0) is 20.6. The highest BCUT2D eigenvalue weighted by Crippen LogP contribution is 2.26. The van der Waals surface area contributed by atoms with Gasteiger partial charge in [0.05, 0.1) is 6.61 Å². The number of nitrogens with zero attached hydrogens (tertiary/aromatic N) is 4. The lowest BCUT2D eigenvalue weighted by atomic mass is 9.97. The average Bonchev–Trinajstić information content (AvgIpc) is 3.24. The van der Waals surface area contributed by atoms with Crippen molar-refractivity contribution in [1.29, 1.82) is 0 Å². The van der Waals surface area contributed by atoms with Gasteiger partial charge in [-0.05, 0) is 54.9 Å². The number of aromatic nitrogens is 4. The van der Waals surface area contributed by atoms with Crippen molar-refractivity contribution in [1.82, 2.24) is 30.8 Å². The Morgan fingerprint density at radius 2 is 1.97 bits per heavy atom. The fourth-order valence-corrected chi connectivity index (χ4v) is 3.16. The number of aliphatic hydroxyl groups excluding tert-OH is 1. The molecule has 0 atom stereocenters. The van der Waals surface area contributed by atoms with Crippen molar-refractivity contribution in [2.24, 2.45) is 0 Å². The van der Waals surface area contributed by atoms with Crippen LogP contribution in [0.3, 0.4) is 0 Å². The van der Waals surface area contributed by atoms with E-state index in [0.29, 0.717) is 24.4 Å². The summed E-state index contributed by atoms with van der Waals surface area (Å²) >= 11 is 0. The maximum atomic E-state index is 12.3. The van der Waals surface area contributed by atoms with Gasteiger partial charge in [0.15, 0.2) is 5.82 Å². The number of aliphatic hydroxyl groups is 1. The summed E-state index contributed by atoms with van der Waals surface area (Å²) in [6.45, 7) is 1.33. The molecule has 0 saturated carbocycles. The Balaban J connectivity index is 1.61. The second-order valence-corrected chi connectivity index (χ2v) is 7.15. The zero-order valence-corrected chi connectivity index (χ0v) is 16.7. The van der Waals surface area contributed by atoms with Crippen molar-refractivity contribution in [2.45, 2.75) is 26.0 Å². The van der Waals surface area contributed by atoms with E-state index >= 15 is 0 Å². The molecule has 2 aromatic carbocycles. The number of aromatic amines is 1. The van der Waals surface area contributed by atoms with Crippen LogP contribution < -0.4 is 5.32 Å². The van der Waals surface area contributed by atoms with Crippen LogP contribution in [0.25, 0.3) is 11.1 Å². The molecule has 1 heterocycles. The number of rotatable bonds is 9. The van der Waals surface area contributed by atoms with Crippen LogP contribution in [0.15, 0.2) is 42.5 Å². The summed E-state index contributed by atoms with van der Waals surface area (Å²) in [6, 6.07) is 13.6. The Kier molecular flexibility index (Phi) is 7.04. The Hall–Kier alpha value is -3.10. The van der Waals surface area contributed by atoms with Gasteiger partial charge in [-0.1, -0.05) is 35.5 Å². The largest absolute Gasteiger partial charge is 0.392 e. The van der Waals surface area contributed by atoms with Gasteiger partial charge in [-0.2, -0.15) is 5.21 Å². The van der Waals surface area contributed by atoms with Gasteiger partial charge in [0.25, 0.3) is 5.91 Å². The number of aryl methyl sites for hydroxylation is 1. The molecule has 8 nitrogen and oxygen atoms in total. The van der Waals surface area contributed by atoms with E-state index in [4.69, 9.17) is 0 Å². The van der Waals surface area contributed by atoms with Gasteiger partial charge in [0, 0.05) is 25.1 Å². The highest BCUT2D eigenvalue weighted by Gasteiger charge is 2.09. The van der Waals surface area contributed by atoms with E-state index in [2.05, 4.69) is 36.9 Å². The Morgan fingerprint density at radius 3 is 2.62 bits per heavy atom. The van der Waals surface area contributed by atoms with Crippen LogP contribution in [-0.4, -0.2) is 57.2 Å². The van der Waals surface area contributed by atoms with Crippen molar-refractivity contribution >= 4 is 5.91 Å². The standard InChI is InChI=1S/C21H26N6O2/c1-27(2)13-15-5-10-19(18(12-15)14-28)16-6-8-17(9-7-16)21(29)22-11-3-4-20-23-25-26-24-20/h5-10,12,28H,3-4,11,13-14H2,1-2H3,(H,22,29)(H,23,24,25,26). The van der Waals surface area contributed by atoms with Gasteiger partial charge >= 0.3 is 0 Å². The molecule has 0 bridgehead atoms. The Labute approximate surface area is 170 Å². The van der Waals surface area contributed by atoms with Crippen molar-refractivity contribution in [3.63, 3.8) is 0 Å². The quantitative estimate of drug-likeness (QED) is 0.478. The van der Waals surface area contributed by atoms with Gasteiger partial charge < -0.3 is 15.3 Å². The van der Waals surface area contributed by atoms with E-state index in [0.717, 1.165) is 35.2 Å². The molecule has 3 rings (SSSR count). The number of carbonyl (C=O) groups is 1. The fraction of sp³-hybridized carbons (Fsp3) is 0.333. The van der Waals surface area contributed by atoms with Crippen LogP contribution in [0, 0.1) is 0 Å². The lowest BCUT2D eigenvalue weighted by Crippen LogP contribution is -2.24. The van der Waals surface area contributed by atoms with Gasteiger partial charge in [0.1, 0.15) is 0 Å². The van der Waals surface area contributed by atoms with Gasteiger partial charge in [-0.25, -0.2) is 0 Å². The molecule has 0 aliphatic rings. The number of tetrazole rings is 1. The molecular weight excluding hydrogens is 368 g/mol. The second-order valence-electron chi connectivity index (χ2n) is 7.15. The minimum absolute atomic E-state index is 0.0286. The molecule has 0 aliphatic heterocycles. The van der Waals surface area contributed by atoms with Crippen molar-refractivity contribution in [2.75, 3.05) is 20.6 Å². The summed E-state index contributed by atoms with van der Waals surface area (Å²) in [7, 11) is 4.03. The monoisotopic (exact) mass is 394 g/mol. The molecule has 3 aromatic rings. The van der Waals surface area contributed by atoms with E-state index < -0.39 is 0 Å². The summed E-state index contributed by atoms with van der Waals surface area (Å²) in [6.07, 6.45) is 1.39. The van der Waals surface area contributed by atoms with Crippen LogP contribution >= 0.6 is 0 Å². The first kappa shape index (κ1) is 20.6. The first-order valence-electron chi connectivity index (χ1n) is 9.55. The smallest absolute Gasteiger partial charge is 0.251 e. The van der Waals surface area contributed by atoms with Crippen LogP contribution in [0.1, 0.15) is 33.7 Å². The van der Waals surface area contributed by atoms with E-state index in [1.165, 1.54) is 0 Å². The fourth-order valence-electron chi connectivity index (χ4n) is 3.16. The zero-order valence-electron chi connectivity index (χ0n) is 16.7. The maximum absolute atomic E-state index is 12.3. The maximum Gasteiger partial charge on any atom is 0.251 e. The third kappa shape index (κ3) is 5.69. The summed E-state index contributed by atoms with van der Waals surface area (Å²) in [5.41, 5.74) is 4.58. The molecule has 152 valence electrons. The van der Waals surface area contributed by atoms with E-state index in [-0.39, 0.29) is 12.5 Å². The summed E-state index contributed by atoms with van der Waals surface area (Å²) in [4.78, 5) is 14.4. The van der Waals surface area contributed by atoms with Crippen LogP contribution in [0.5, 0.6) is 0 Å². The van der Waals surface area contributed by atoms with E-state index in [1.807, 2.05) is 38.4 Å². The molecule has 0 unspecified atom stereocenters.